The van der Waals surface area contributed by atoms with Crippen LogP contribution in [-0.2, 0) is 10.0 Å². The Kier molecular flexibility index (Phi) is 5.99. The van der Waals surface area contributed by atoms with Gasteiger partial charge in [0.25, 0.3) is 0 Å². The van der Waals surface area contributed by atoms with E-state index < -0.39 is 10.0 Å². The lowest BCUT2D eigenvalue weighted by Gasteiger charge is -2.31. The molecule has 0 radical (unpaired) electrons. The number of sulfonamides is 1. The zero-order valence-electron chi connectivity index (χ0n) is 11.8. The van der Waals surface area contributed by atoms with Crippen molar-refractivity contribution in [1.29, 1.82) is 0 Å². The lowest BCUT2D eigenvalue weighted by molar-refractivity contribution is 0.414. The van der Waals surface area contributed by atoms with Gasteiger partial charge < -0.3 is 5.32 Å². The average molecular weight is 306 g/mol. The molecule has 6 heteroatoms. The summed E-state index contributed by atoms with van der Waals surface area (Å²) in [5.41, 5.74) is 0. The van der Waals surface area contributed by atoms with E-state index in [1.807, 2.05) is 11.8 Å². The largest absolute Gasteiger partial charge is 0.314 e. The number of thioether (sulfide) groups is 1. The van der Waals surface area contributed by atoms with Crippen molar-refractivity contribution in [3.05, 3.63) is 0 Å². The number of rotatable bonds is 8. The molecular weight excluding hydrogens is 280 g/mol. The van der Waals surface area contributed by atoms with Crippen LogP contribution in [0.25, 0.3) is 0 Å². The molecule has 1 saturated carbocycles. The minimum atomic E-state index is -3.02. The lowest BCUT2D eigenvalue weighted by atomic mass is 10.3. The Morgan fingerprint density at radius 1 is 1.32 bits per heavy atom. The van der Waals surface area contributed by atoms with Crippen LogP contribution in [0.4, 0.5) is 0 Å². The van der Waals surface area contributed by atoms with Crippen molar-refractivity contribution in [2.75, 3.05) is 31.1 Å². The third-order valence-electron chi connectivity index (χ3n) is 3.79. The molecule has 0 bridgehead atoms. The Balaban J connectivity index is 1.67. The van der Waals surface area contributed by atoms with Crippen molar-refractivity contribution in [1.82, 2.24) is 9.62 Å². The van der Waals surface area contributed by atoms with Gasteiger partial charge in [-0.15, -0.1) is 0 Å². The van der Waals surface area contributed by atoms with Gasteiger partial charge in [-0.25, -0.2) is 8.42 Å². The van der Waals surface area contributed by atoms with Crippen LogP contribution in [0.2, 0.25) is 0 Å². The fourth-order valence-corrected chi connectivity index (χ4v) is 5.32. The van der Waals surface area contributed by atoms with E-state index in [1.54, 1.807) is 4.31 Å². The summed E-state index contributed by atoms with van der Waals surface area (Å²) in [6, 6.07) is 0.723. The standard InChI is InChI=1S/C13H26N2O2S2/c1-2-13-11-15(8-9-18-13)19(16,17)10-4-3-7-14-12-5-6-12/h12-14H,2-11H2,1H3. The molecule has 1 aliphatic carbocycles. The topological polar surface area (TPSA) is 49.4 Å². The molecule has 0 aromatic heterocycles. The summed E-state index contributed by atoms with van der Waals surface area (Å²) in [7, 11) is -3.02. The van der Waals surface area contributed by atoms with E-state index in [4.69, 9.17) is 0 Å². The van der Waals surface area contributed by atoms with E-state index in [0.29, 0.717) is 24.1 Å². The fourth-order valence-electron chi connectivity index (χ4n) is 2.32. The van der Waals surface area contributed by atoms with Crippen LogP contribution >= 0.6 is 11.8 Å². The van der Waals surface area contributed by atoms with Gasteiger partial charge in [-0.05, 0) is 38.6 Å². The van der Waals surface area contributed by atoms with E-state index in [-0.39, 0.29) is 0 Å². The molecule has 2 fully saturated rings. The van der Waals surface area contributed by atoms with Crippen molar-refractivity contribution < 1.29 is 8.42 Å². The molecule has 0 aromatic rings. The molecule has 1 aliphatic heterocycles. The van der Waals surface area contributed by atoms with Crippen LogP contribution in [0.1, 0.15) is 39.0 Å². The quantitative estimate of drug-likeness (QED) is 0.693. The molecular formula is C13H26N2O2S2. The minimum absolute atomic E-state index is 0.320. The van der Waals surface area contributed by atoms with Crippen molar-refractivity contribution >= 4 is 21.8 Å². The van der Waals surface area contributed by atoms with Crippen LogP contribution in [-0.4, -0.2) is 55.2 Å². The number of hydrogen-bond donors (Lipinski definition) is 1. The molecule has 0 spiro atoms. The van der Waals surface area contributed by atoms with Crippen molar-refractivity contribution in [2.45, 2.75) is 50.3 Å². The second kappa shape index (κ2) is 7.29. The third kappa shape index (κ3) is 5.25. The van der Waals surface area contributed by atoms with E-state index in [1.165, 1.54) is 12.8 Å². The normalized spacial score (nSPS) is 25.6. The molecule has 1 heterocycles. The van der Waals surface area contributed by atoms with Crippen LogP contribution < -0.4 is 5.32 Å². The Morgan fingerprint density at radius 3 is 2.79 bits per heavy atom. The van der Waals surface area contributed by atoms with Gasteiger partial charge in [-0.3, -0.25) is 0 Å². The predicted molar refractivity (Wildman–Crippen MR) is 82.2 cm³/mol. The first-order valence-corrected chi connectivity index (χ1v) is 10.1. The molecule has 1 unspecified atom stereocenters. The average Bonchev–Trinajstić information content (AvgIpc) is 3.22. The number of nitrogens with zero attached hydrogens (tertiary/aromatic N) is 1. The maximum Gasteiger partial charge on any atom is 0.214 e. The number of unbranched alkanes of at least 4 members (excludes halogenated alkanes) is 1. The van der Waals surface area contributed by atoms with Crippen molar-refractivity contribution in [3.8, 4) is 0 Å². The summed E-state index contributed by atoms with van der Waals surface area (Å²) >= 11 is 1.91. The smallest absolute Gasteiger partial charge is 0.214 e. The highest BCUT2D eigenvalue weighted by atomic mass is 32.2. The molecule has 1 atom stereocenters. The van der Waals surface area contributed by atoms with Gasteiger partial charge in [0.1, 0.15) is 0 Å². The first-order valence-electron chi connectivity index (χ1n) is 7.44. The summed E-state index contributed by atoms with van der Waals surface area (Å²) in [4.78, 5) is 0. The van der Waals surface area contributed by atoms with Crippen LogP contribution in [0.15, 0.2) is 0 Å². The molecule has 0 aromatic carbocycles. The van der Waals surface area contributed by atoms with Gasteiger partial charge in [-0.2, -0.15) is 16.1 Å². The van der Waals surface area contributed by atoms with E-state index >= 15 is 0 Å². The lowest BCUT2D eigenvalue weighted by Crippen LogP contribution is -2.42. The van der Waals surface area contributed by atoms with E-state index in [0.717, 1.165) is 37.6 Å². The minimum Gasteiger partial charge on any atom is -0.314 e. The summed E-state index contributed by atoms with van der Waals surface area (Å²) in [5, 5.41) is 3.91. The summed E-state index contributed by atoms with van der Waals surface area (Å²) in [5.74, 6) is 1.27. The van der Waals surface area contributed by atoms with Crippen molar-refractivity contribution in [3.63, 3.8) is 0 Å². The van der Waals surface area contributed by atoms with Gasteiger partial charge >= 0.3 is 0 Å². The van der Waals surface area contributed by atoms with Crippen molar-refractivity contribution in [2.24, 2.45) is 0 Å². The molecule has 1 N–H and O–H groups in total. The highest BCUT2D eigenvalue weighted by Gasteiger charge is 2.28. The summed E-state index contributed by atoms with van der Waals surface area (Å²) in [6.07, 6.45) is 5.39. The highest BCUT2D eigenvalue weighted by Crippen LogP contribution is 2.23. The molecule has 112 valence electrons. The van der Waals surface area contributed by atoms with Crippen LogP contribution in [0.3, 0.4) is 0 Å². The van der Waals surface area contributed by atoms with Gasteiger partial charge in [-0.1, -0.05) is 6.92 Å². The molecule has 0 amide bonds. The Morgan fingerprint density at radius 2 is 2.11 bits per heavy atom. The Hall–Kier alpha value is 0.220. The van der Waals surface area contributed by atoms with Crippen LogP contribution in [0.5, 0.6) is 0 Å². The SMILES string of the molecule is CCC1CN(S(=O)(=O)CCCCNC2CC2)CCS1. The molecule has 2 aliphatic rings. The molecule has 19 heavy (non-hydrogen) atoms. The second-order valence-corrected chi connectivity index (χ2v) is 9.01. The second-order valence-electron chi connectivity index (χ2n) is 5.51. The first-order chi connectivity index (χ1) is 9.12. The third-order valence-corrected chi connectivity index (χ3v) is 7.08. The number of nitrogens with one attached hydrogen (secondary N) is 1. The van der Waals surface area contributed by atoms with E-state index in [9.17, 15) is 8.42 Å². The Labute approximate surface area is 121 Å². The zero-order valence-corrected chi connectivity index (χ0v) is 13.4. The predicted octanol–water partition coefficient (Wildman–Crippen LogP) is 1.68. The highest BCUT2D eigenvalue weighted by molar-refractivity contribution is 8.00. The molecule has 1 saturated heterocycles. The van der Waals surface area contributed by atoms with Gasteiger partial charge in [0.15, 0.2) is 0 Å². The first kappa shape index (κ1) is 15.6. The van der Waals surface area contributed by atoms with Gasteiger partial charge in [0.05, 0.1) is 5.75 Å². The van der Waals surface area contributed by atoms with Gasteiger partial charge in [0, 0.05) is 30.1 Å². The van der Waals surface area contributed by atoms with Crippen LogP contribution in [0, 0.1) is 0 Å². The van der Waals surface area contributed by atoms with Gasteiger partial charge in [0.2, 0.25) is 10.0 Å². The molecule has 2 rings (SSSR count). The Bertz CT molecular complexity index is 369. The molecule has 4 nitrogen and oxygen atoms in total. The summed E-state index contributed by atoms with van der Waals surface area (Å²) in [6.45, 7) is 4.51. The fraction of sp³-hybridized carbons (Fsp3) is 1.00. The van der Waals surface area contributed by atoms with E-state index in [2.05, 4.69) is 12.2 Å². The maximum absolute atomic E-state index is 12.3. The summed E-state index contributed by atoms with van der Waals surface area (Å²) < 4.78 is 26.2. The zero-order chi connectivity index (χ0) is 13.7. The monoisotopic (exact) mass is 306 g/mol. The number of hydrogen-bond acceptors (Lipinski definition) is 4. The maximum atomic E-state index is 12.3.